The molecule has 0 atom stereocenters. The van der Waals surface area contributed by atoms with Gasteiger partial charge in [0.2, 0.25) is 5.91 Å². The number of benzene rings is 2. The van der Waals surface area contributed by atoms with E-state index in [1.807, 2.05) is 47.0 Å². The summed E-state index contributed by atoms with van der Waals surface area (Å²) in [4.78, 5) is 29.2. The van der Waals surface area contributed by atoms with Crippen LogP contribution in [0.3, 0.4) is 0 Å². The van der Waals surface area contributed by atoms with E-state index in [0.717, 1.165) is 23.9 Å². The van der Waals surface area contributed by atoms with Crippen LogP contribution in [0.2, 0.25) is 0 Å². The van der Waals surface area contributed by atoms with Crippen molar-refractivity contribution in [3.8, 4) is 0 Å². The number of hydrogen-bond donors (Lipinski definition) is 2. The second kappa shape index (κ2) is 8.98. The SMILES string of the molecule is CCCCNC(=O)Cn1c(CNC(=O)c2ccccc2)nc2ccccc21. The van der Waals surface area contributed by atoms with Crippen molar-refractivity contribution in [1.29, 1.82) is 0 Å². The highest BCUT2D eigenvalue weighted by molar-refractivity contribution is 5.94. The molecule has 3 rings (SSSR count). The average molecular weight is 364 g/mol. The fourth-order valence-electron chi connectivity index (χ4n) is 2.89. The molecule has 0 radical (unpaired) electrons. The molecule has 0 unspecified atom stereocenters. The fourth-order valence-corrected chi connectivity index (χ4v) is 2.89. The number of fused-ring (bicyclic) bond motifs is 1. The summed E-state index contributed by atoms with van der Waals surface area (Å²) >= 11 is 0. The Hall–Kier alpha value is -3.15. The molecule has 2 amide bonds. The van der Waals surface area contributed by atoms with Crippen molar-refractivity contribution in [2.24, 2.45) is 0 Å². The molecule has 0 saturated heterocycles. The van der Waals surface area contributed by atoms with E-state index in [1.54, 1.807) is 12.1 Å². The van der Waals surface area contributed by atoms with Crippen LogP contribution < -0.4 is 10.6 Å². The van der Waals surface area contributed by atoms with Gasteiger partial charge in [-0.3, -0.25) is 9.59 Å². The first-order valence-corrected chi connectivity index (χ1v) is 9.23. The van der Waals surface area contributed by atoms with Crippen LogP contribution in [0.1, 0.15) is 35.9 Å². The number of hydrogen-bond acceptors (Lipinski definition) is 3. The van der Waals surface area contributed by atoms with Gasteiger partial charge in [0.25, 0.3) is 5.91 Å². The van der Waals surface area contributed by atoms with Crippen molar-refractivity contribution in [3.63, 3.8) is 0 Å². The van der Waals surface area contributed by atoms with Crippen molar-refractivity contribution in [2.45, 2.75) is 32.9 Å². The first kappa shape index (κ1) is 18.6. The first-order chi connectivity index (χ1) is 13.2. The normalized spacial score (nSPS) is 10.7. The predicted octanol–water partition coefficient (Wildman–Crippen LogP) is 2.88. The standard InChI is InChI=1S/C21H24N4O2/c1-2-3-13-22-20(26)15-25-18-12-8-7-11-17(18)24-19(25)14-23-21(27)16-9-5-4-6-10-16/h4-12H,2-3,13-15H2,1H3,(H,22,26)(H,23,27). The Bertz CT molecular complexity index is 918. The van der Waals surface area contributed by atoms with E-state index >= 15 is 0 Å². The summed E-state index contributed by atoms with van der Waals surface area (Å²) in [6.45, 7) is 3.19. The third-order valence-electron chi connectivity index (χ3n) is 4.33. The number of rotatable bonds is 8. The quantitative estimate of drug-likeness (QED) is 0.604. The van der Waals surface area contributed by atoms with Crippen LogP contribution in [0.5, 0.6) is 0 Å². The van der Waals surface area contributed by atoms with Gasteiger partial charge < -0.3 is 15.2 Å². The van der Waals surface area contributed by atoms with Gasteiger partial charge in [0.1, 0.15) is 12.4 Å². The molecule has 0 saturated carbocycles. The summed E-state index contributed by atoms with van der Waals surface area (Å²) in [6.07, 6.45) is 1.99. The molecular formula is C21H24N4O2. The lowest BCUT2D eigenvalue weighted by Crippen LogP contribution is -2.30. The Morgan fingerprint density at radius 1 is 1.00 bits per heavy atom. The minimum Gasteiger partial charge on any atom is -0.355 e. The molecule has 1 aromatic heterocycles. The summed E-state index contributed by atoms with van der Waals surface area (Å²) in [5.74, 6) is 0.440. The topological polar surface area (TPSA) is 76.0 Å². The molecule has 0 aliphatic heterocycles. The molecule has 6 nitrogen and oxygen atoms in total. The summed E-state index contributed by atoms with van der Waals surface area (Å²) in [5, 5.41) is 5.82. The van der Waals surface area contributed by atoms with E-state index in [1.165, 1.54) is 0 Å². The van der Waals surface area contributed by atoms with Gasteiger partial charge in [-0.25, -0.2) is 4.98 Å². The number of amides is 2. The molecule has 0 fully saturated rings. The maximum absolute atomic E-state index is 12.3. The van der Waals surface area contributed by atoms with Crippen LogP contribution in [0.15, 0.2) is 54.6 Å². The number of imidazole rings is 1. The average Bonchev–Trinajstić information content (AvgIpc) is 3.04. The van der Waals surface area contributed by atoms with Crippen LogP contribution in [-0.4, -0.2) is 27.9 Å². The molecule has 2 N–H and O–H groups in total. The molecule has 0 aliphatic carbocycles. The van der Waals surface area contributed by atoms with Gasteiger partial charge in [-0.2, -0.15) is 0 Å². The molecule has 27 heavy (non-hydrogen) atoms. The zero-order chi connectivity index (χ0) is 19.1. The predicted molar refractivity (Wildman–Crippen MR) is 105 cm³/mol. The van der Waals surface area contributed by atoms with Crippen molar-refractivity contribution in [1.82, 2.24) is 20.2 Å². The summed E-state index contributed by atoms with van der Waals surface area (Å²) in [7, 11) is 0. The largest absolute Gasteiger partial charge is 0.355 e. The van der Waals surface area contributed by atoms with E-state index in [2.05, 4.69) is 22.5 Å². The van der Waals surface area contributed by atoms with E-state index in [4.69, 9.17) is 0 Å². The first-order valence-electron chi connectivity index (χ1n) is 9.23. The molecule has 0 aliphatic rings. The molecule has 1 heterocycles. The zero-order valence-electron chi connectivity index (χ0n) is 15.4. The van der Waals surface area contributed by atoms with Gasteiger partial charge in [-0.15, -0.1) is 0 Å². The molecule has 0 spiro atoms. The van der Waals surface area contributed by atoms with Crippen molar-refractivity contribution < 1.29 is 9.59 Å². The number of nitrogens with one attached hydrogen (secondary N) is 2. The summed E-state index contributed by atoms with van der Waals surface area (Å²) in [6, 6.07) is 16.7. The van der Waals surface area contributed by atoms with Gasteiger partial charge in [-0.1, -0.05) is 43.7 Å². The minimum atomic E-state index is -0.165. The van der Waals surface area contributed by atoms with Crippen LogP contribution >= 0.6 is 0 Å². The molecule has 6 heteroatoms. The highest BCUT2D eigenvalue weighted by Crippen LogP contribution is 2.16. The fraction of sp³-hybridized carbons (Fsp3) is 0.286. The number of carbonyl (C=O) groups is 2. The lowest BCUT2D eigenvalue weighted by molar-refractivity contribution is -0.121. The van der Waals surface area contributed by atoms with Crippen LogP contribution in [0.25, 0.3) is 11.0 Å². The summed E-state index contributed by atoms with van der Waals surface area (Å²) in [5.41, 5.74) is 2.28. The monoisotopic (exact) mass is 364 g/mol. The van der Waals surface area contributed by atoms with Gasteiger partial charge in [0, 0.05) is 12.1 Å². The lowest BCUT2D eigenvalue weighted by Gasteiger charge is -2.11. The van der Waals surface area contributed by atoms with Gasteiger partial charge in [0.15, 0.2) is 0 Å². The second-order valence-corrected chi connectivity index (χ2v) is 6.36. The highest BCUT2D eigenvalue weighted by atomic mass is 16.2. The number of para-hydroxylation sites is 2. The molecule has 0 bridgehead atoms. The van der Waals surface area contributed by atoms with Gasteiger partial charge in [0.05, 0.1) is 17.6 Å². The lowest BCUT2D eigenvalue weighted by atomic mass is 10.2. The molecule has 2 aromatic carbocycles. The Kier molecular flexibility index (Phi) is 6.20. The molecule has 140 valence electrons. The number of nitrogens with zero attached hydrogens (tertiary/aromatic N) is 2. The summed E-state index contributed by atoms with van der Waals surface area (Å²) < 4.78 is 1.86. The van der Waals surface area contributed by atoms with Crippen molar-refractivity contribution in [2.75, 3.05) is 6.54 Å². The Morgan fingerprint density at radius 3 is 2.52 bits per heavy atom. The second-order valence-electron chi connectivity index (χ2n) is 6.36. The smallest absolute Gasteiger partial charge is 0.251 e. The van der Waals surface area contributed by atoms with Gasteiger partial charge in [-0.05, 0) is 30.7 Å². The molecule has 3 aromatic rings. The third kappa shape index (κ3) is 4.73. The van der Waals surface area contributed by atoms with Gasteiger partial charge >= 0.3 is 0 Å². The maximum atomic E-state index is 12.3. The minimum absolute atomic E-state index is 0.0535. The zero-order valence-corrected chi connectivity index (χ0v) is 15.4. The van der Waals surface area contributed by atoms with E-state index < -0.39 is 0 Å². The van der Waals surface area contributed by atoms with Crippen molar-refractivity contribution >= 4 is 22.8 Å². The highest BCUT2D eigenvalue weighted by Gasteiger charge is 2.14. The molecular weight excluding hydrogens is 340 g/mol. The van der Waals surface area contributed by atoms with E-state index in [-0.39, 0.29) is 24.9 Å². The maximum Gasteiger partial charge on any atom is 0.251 e. The number of aromatic nitrogens is 2. The Labute approximate surface area is 158 Å². The van der Waals surface area contributed by atoms with Crippen LogP contribution in [0, 0.1) is 0 Å². The van der Waals surface area contributed by atoms with Crippen LogP contribution in [-0.2, 0) is 17.9 Å². The third-order valence-corrected chi connectivity index (χ3v) is 4.33. The number of carbonyl (C=O) groups excluding carboxylic acids is 2. The van der Waals surface area contributed by atoms with E-state index in [9.17, 15) is 9.59 Å². The Balaban J connectivity index is 1.76. The van der Waals surface area contributed by atoms with E-state index in [0.29, 0.717) is 17.9 Å². The van der Waals surface area contributed by atoms with Crippen LogP contribution in [0.4, 0.5) is 0 Å². The number of unbranched alkanes of at least 4 members (excludes halogenated alkanes) is 1. The van der Waals surface area contributed by atoms with Crippen molar-refractivity contribution in [3.05, 3.63) is 66.0 Å². The Morgan fingerprint density at radius 2 is 1.74 bits per heavy atom.